The molecule has 1 aliphatic heterocycles. The lowest BCUT2D eigenvalue weighted by atomic mass is 9.94. The van der Waals surface area contributed by atoms with Crippen LogP contribution in [0.3, 0.4) is 0 Å². The van der Waals surface area contributed by atoms with E-state index >= 15 is 0 Å². The van der Waals surface area contributed by atoms with E-state index in [9.17, 15) is 9.59 Å². The molecule has 4 rings (SSSR count). The van der Waals surface area contributed by atoms with Gasteiger partial charge in [-0.15, -0.1) is 0 Å². The van der Waals surface area contributed by atoms with Crippen molar-refractivity contribution in [1.29, 1.82) is 0 Å². The molecule has 35 heavy (non-hydrogen) atoms. The minimum atomic E-state index is -0.0284. The van der Waals surface area contributed by atoms with E-state index in [2.05, 4.69) is 0 Å². The Morgan fingerprint density at radius 1 is 0.829 bits per heavy atom. The summed E-state index contributed by atoms with van der Waals surface area (Å²) in [6.07, 6.45) is 3.73. The summed E-state index contributed by atoms with van der Waals surface area (Å²) in [6.45, 7) is 0.732. The van der Waals surface area contributed by atoms with Crippen molar-refractivity contribution < 1.29 is 9.59 Å². The van der Waals surface area contributed by atoms with Gasteiger partial charge >= 0.3 is 0 Å². The van der Waals surface area contributed by atoms with Crippen molar-refractivity contribution in [1.82, 2.24) is 4.90 Å². The molecule has 0 aromatic heterocycles. The average Bonchev–Trinajstić information content (AvgIpc) is 2.87. The molecule has 0 atom stereocenters. The number of likely N-dealkylation sites (tertiary alicyclic amines) is 1. The highest BCUT2D eigenvalue weighted by Gasteiger charge is 2.28. The summed E-state index contributed by atoms with van der Waals surface area (Å²) in [7, 11) is 0. The molecular weight excluding hydrogens is 517 g/mol. The SMILES string of the molecule is O=C1/C(=C/c2ccc(Cl)cc2)CN(C(=S)SCC(=O)c2ccccc2)C/C1=C\c1ccc(Cl)cc1. The number of Topliss-reactive ketones (excluding diaryl/α,β-unsaturated/α-hetero) is 2. The lowest BCUT2D eigenvalue weighted by molar-refractivity contribution is -0.113. The Morgan fingerprint density at radius 2 is 1.31 bits per heavy atom. The van der Waals surface area contributed by atoms with Gasteiger partial charge < -0.3 is 4.90 Å². The quantitative estimate of drug-likeness (QED) is 0.194. The zero-order valence-electron chi connectivity index (χ0n) is 18.6. The standard InChI is InChI=1S/C28H21Cl2NO2S2/c29-24-10-6-19(7-11-24)14-22-16-31(28(34)35-18-26(32)21-4-2-1-3-5-21)17-23(27(22)33)15-20-8-12-25(30)13-9-20/h1-15H,16-18H2/b22-14+,23-15+. The smallest absolute Gasteiger partial charge is 0.188 e. The number of thiocarbonyl (C=S) groups is 1. The first kappa shape index (κ1) is 25.4. The zero-order chi connectivity index (χ0) is 24.8. The van der Waals surface area contributed by atoms with Crippen LogP contribution in [0, 0.1) is 0 Å². The van der Waals surface area contributed by atoms with Crippen LogP contribution in [0.5, 0.6) is 0 Å². The first-order valence-corrected chi connectivity index (χ1v) is 13.0. The van der Waals surface area contributed by atoms with Crippen LogP contribution < -0.4 is 0 Å². The van der Waals surface area contributed by atoms with Crippen LogP contribution in [0.4, 0.5) is 0 Å². The van der Waals surface area contributed by atoms with E-state index in [1.165, 1.54) is 11.8 Å². The lowest BCUT2D eigenvalue weighted by Gasteiger charge is -2.31. The topological polar surface area (TPSA) is 37.4 Å². The molecule has 176 valence electrons. The van der Waals surface area contributed by atoms with Crippen LogP contribution in [0.2, 0.25) is 10.0 Å². The van der Waals surface area contributed by atoms with Gasteiger partial charge in [0.1, 0.15) is 4.32 Å². The van der Waals surface area contributed by atoms with Crippen LogP contribution in [0.25, 0.3) is 12.2 Å². The number of nitrogens with zero attached hydrogens (tertiary/aromatic N) is 1. The molecule has 1 fully saturated rings. The van der Waals surface area contributed by atoms with E-state index < -0.39 is 0 Å². The number of rotatable bonds is 5. The number of carbonyl (C=O) groups excluding carboxylic acids is 2. The van der Waals surface area contributed by atoms with Crippen molar-refractivity contribution in [2.75, 3.05) is 18.8 Å². The summed E-state index contributed by atoms with van der Waals surface area (Å²) >= 11 is 19.0. The Balaban J connectivity index is 1.57. The van der Waals surface area contributed by atoms with Crippen LogP contribution in [-0.2, 0) is 4.79 Å². The summed E-state index contributed by atoms with van der Waals surface area (Å²) < 4.78 is 0.575. The van der Waals surface area contributed by atoms with E-state index in [1.807, 2.05) is 59.5 Å². The summed E-state index contributed by atoms with van der Waals surface area (Å²) in [5, 5.41) is 1.26. The Morgan fingerprint density at radius 3 is 1.80 bits per heavy atom. The van der Waals surface area contributed by atoms with Gasteiger partial charge in [0.05, 0.1) is 5.75 Å². The monoisotopic (exact) mass is 537 g/mol. The normalized spacial score (nSPS) is 16.1. The third-order valence-corrected chi connectivity index (χ3v) is 7.44. The summed E-state index contributed by atoms with van der Waals surface area (Å²) in [5.74, 6) is 0.221. The van der Waals surface area contributed by atoms with Crippen LogP contribution >= 0.6 is 47.2 Å². The molecule has 7 heteroatoms. The molecule has 0 radical (unpaired) electrons. The molecule has 1 heterocycles. The molecule has 0 amide bonds. The molecule has 1 saturated heterocycles. The van der Waals surface area contributed by atoms with Crippen LogP contribution in [-0.4, -0.2) is 39.6 Å². The molecule has 3 nitrogen and oxygen atoms in total. The number of hydrogen-bond acceptors (Lipinski definition) is 4. The Kier molecular flexibility index (Phi) is 8.58. The second-order valence-electron chi connectivity index (χ2n) is 7.97. The van der Waals surface area contributed by atoms with Crippen molar-refractivity contribution in [2.45, 2.75) is 0 Å². The summed E-state index contributed by atoms with van der Waals surface area (Å²) in [6, 6.07) is 23.8. The van der Waals surface area contributed by atoms with Gasteiger partial charge in [-0.3, -0.25) is 9.59 Å². The summed E-state index contributed by atoms with van der Waals surface area (Å²) in [4.78, 5) is 27.9. The number of ketones is 2. The van der Waals surface area contributed by atoms with E-state index in [1.54, 1.807) is 36.4 Å². The third kappa shape index (κ3) is 6.92. The average molecular weight is 539 g/mol. The highest BCUT2D eigenvalue weighted by molar-refractivity contribution is 8.23. The van der Waals surface area contributed by atoms with Crippen molar-refractivity contribution >= 4 is 75.2 Å². The van der Waals surface area contributed by atoms with Crippen LogP contribution in [0.15, 0.2) is 90.0 Å². The largest absolute Gasteiger partial charge is 0.349 e. The Labute approximate surface area is 224 Å². The predicted octanol–water partition coefficient (Wildman–Crippen LogP) is 7.25. The fourth-order valence-corrected chi connectivity index (χ4v) is 4.91. The summed E-state index contributed by atoms with van der Waals surface area (Å²) in [5.41, 5.74) is 3.65. The second kappa shape index (κ2) is 11.8. The van der Waals surface area contributed by atoms with Gasteiger partial charge in [0, 0.05) is 39.8 Å². The molecule has 0 bridgehead atoms. The molecule has 0 aliphatic carbocycles. The maximum atomic E-state index is 13.4. The molecular formula is C28H21Cl2NO2S2. The number of hydrogen-bond donors (Lipinski definition) is 0. The zero-order valence-corrected chi connectivity index (χ0v) is 21.8. The van der Waals surface area contributed by atoms with Crippen molar-refractivity contribution in [2.24, 2.45) is 0 Å². The Hall–Kier alpha value is -2.70. The Bertz CT molecular complexity index is 1230. The molecule has 3 aromatic rings. The minimum absolute atomic E-state index is 0.0138. The van der Waals surface area contributed by atoms with Crippen molar-refractivity contribution in [3.8, 4) is 0 Å². The molecule has 3 aromatic carbocycles. The first-order chi connectivity index (χ1) is 16.9. The molecule has 0 saturated carbocycles. The number of benzene rings is 3. The van der Waals surface area contributed by atoms with Gasteiger partial charge in [0.15, 0.2) is 11.6 Å². The van der Waals surface area contributed by atoms with E-state index in [0.717, 1.165) is 11.1 Å². The molecule has 0 spiro atoms. The first-order valence-electron chi connectivity index (χ1n) is 10.9. The number of thioether (sulfide) groups is 1. The van der Waals surface area contributed by atoms with Gasteiger partial charge in [-0.2, -0.15) is 0 Å². The number of halogens is 2. The van der Waals surface area contributed by atoms with Gasteiger partial charge in [0.2, 0.25) is 0 Å². The maximum absolute atomic E-state index is 13.4. The molecule has 0 unspecified atom stereocenters. The van der Waals surface area contributed by atoms with Crippen molar-refractivity contribution in [3.05, 3.63) is 117 Å². The number of piperidine rings is 1. The minimum Gasteiger partial charge on any atom is -0.349 e. The third-order valence-electron chi connectivity index (χ3n) is 5.41. The number of carbonyl (C=O) groups is 2. The van der Waals surface area contributed by atoms with Gasteiger partial charge in [0.25, 0.3) is 0 Å². The highest BCUT2D eigenvalue weighted by Crippen LogP contribution is 2.26. The van der Waals surface area contributed by atoms with Crippen molar-refractivity contribution in [3.63, 3.8) is 0 Å². The van der Waals surface area contributed by atoms with E-state index in [0.29, 0.717) is 44.2 Å². The maximum Gasteiger partial charge on any atom is 0.188 e. The fourth-order valence-electron chi connectivity index (χ4n) is 3.61. The lowest BCUT2D eigenvalue weighted by Crippen LogP contribution is -2.40. The van der Waals surface area contributed by atoms with Crippen LogP contribution in [0.1, 0.15) is 21.5 Å². The highest BCUT2D eigenvalue weighted by atomic mass is 35.5. The van der Waals surface area contributed by atoms with E-state index in [-0.39, 0.29) is 17.3 Å². The van der Waals surface area contributed by atoms with Gasteiger partial charge in [-0.25, -0.2) is 0 Å². The van der Waals surface area contributed by atoms with E-state index in [4.69, 9.17) is 35.4 Å². The van der Waals surface area contributed by atoms with Gasteiger partial charge in [-0.05, 0) is 47.5 Å². The second-order valence-corrected chi connectivity index (χ2v) is 10.5. The molecule has 0 N–H and O–H groups in total. The predicted molar refractivity (Wildman–Crippen MR) is 151 cm³/mol. The van der Waals surface area contributed by atoms with Gasteiger partial charge in [-0.1, -0.05) is 102 Å². The fraction of sp³-hybridized carbons (Fsp3) is 0.107. The molecule has 1 aliphatic rings.